The Morgan fingerprint density at radius 2 is 1.76 bits per heavy atom. The normalized spacial score (nSPS) is 18.4. The highest BCUT2D eigenvalue weighted by molar-refractivity contribution is 6.40. The van der Waals surface area contributed by atoms with Crippen molar-refractivity contribution in [1.29, 1.82) is 0 Å². The van der Waals surface area contributed by atoms with Gasteiger partial charge in [0.25, 0.3) is 5.91 Å². The molecule has 2 fully saturated rings. The number of hydrogen-bond acceptors (Lipinski definition) is 9. The van der Waals surface area contributed by atoms with Crippen LogP contribution < -0.4 is 9.64 Å². The molecule has 2 atom stereocenters. The number of para-hydroxylation sites is 1. The summed E-state index contributed by atoms with van der Waals surface area (Å²) in [5, 5.41) is 8.45. The Labute approximate surface area is 290 Å². The first-order valence-electron chi connectivity index (χ1n) is 15.7. The number of aromatic nitrogens is 4. The van der Waals surface area contributed by atoms with E-state index in [1.807, 2.05) is 12.1 Å². The van der Waals surface area contributed by atoms with Gasteiger partial charge >= 0.3 is 5.97 Å². The molecular weight excluding hydrogens is 674 g/mol. The quantitative estimate of drug-likeness (QED) is 0.195. The minimum Gasteiger partial charge on any atom is -0.472 e. The molecule has 0 radical (unpaired) electrons. The second-order valence-corrected chi connectivity index (χ2v) is 13.1. The largest absolute Gasteiger partial charge is 0.472 e. The second kappa shape index (κ2) is 12.3. The molecule has 2 aromatic heterocycles. The van der Waals surface area contributed by atoms with Gasteiger partial charge in [0.2, 0.25) is 0 Å². The zero-order valence-corrected chi connectivity index (χ0v) is 28.0. The van der Waals surface area contributed by atoms with Gasteiger partial charge in [0, 0.05) is 35.5 Å². The molecular formula is C35H29Cl2FN6O5. The van der Waals surface area contributed by atoms with Crippen LogP contribution in [0.4, 0.5) is 10.1 Å². The lowest BCUT2D eigenvalue weighted by Gasteiger charge is -2.37. The molecule has 250 valence electrons. The third kappa shape index (κ3) is 5.34. The molecule has 5 aromatic rings. The lowest BCUT2D eigenvalue weighted by molar-refractivity contribution is 0.0515. The molecule has 11 nitrogen and oxygen atoms in total. The summed E-state index contributed by atoms with van der Waals surface area (Å²) in [4.78, 5) is 34.7. The number of carbonyl (C=O) groups excluding carboxylic acids is 2. The summed E-state index contributed by atoms with van der Waals surface area (Å²) in [6.07, 6.45) is 3.50. The highest BCUT2D eigenvalue weighted by Gasteiger charge is 2.40. The SMILES string of the molecule is COC(=O)c1cc(F)c(-c2cccc3c2OCN(C(=O)c2c(Cl)cc(-c4cnc5c(c4)nnn5C)cc2Cl)C3)cc1N1C2CCC1COC2. The van der Waals surface area contributed by atoms with E-state index in [2.05, 4.69) is 20.2 Å². The molecule has 2 unspecified atom stereocenters. The van der Waals surface area contributed by atoms with E-state index in [4.69, 9.17) is 37.4 Å². The average Bonchev–Trinajstić information content (AvgIpc) is 3.60. The lowest BCUT2D eigenvalue weighted by atomic mass is 9.96. The highest BCUT2D eigenvalue weighted by Crippen LogP contribution is 2.43. The van der Waals surface area contributed by atoms with Crippen LogP contribution in [0.25, 0.3) is 33.4 Å². The van der Waals surface area contributed by atoms with E-state index in [-0.39, 0.29) is 52.1 Å². The Kier molecular flexibility index (Phi) is 7.89. The average molecular weight is 704 g/mol. The number of anilines is 1. The molecule has 0 spiro atoms. The molecule has 3 aliphatic rings. The van der Waals surface area contributed by atoms with Gasteiger partial charge < -0.3 is 24.0 Å². The van der Waals surface area contributed by atoms with Crippen LogP contribution in [0.5, 0.6) is 5.75 Å². The number of morpholine rings is 1. The van der Waals surface area contributed by atoms with Crippen molar-refractivity contribution >= 4 is 51.9 Å². The molecule has 0 aliphatic carbocycles. The standard InChI is InChI=1S/C35H29Cl2FN6O5/c1-42-33-29(40-41-42)10-20(13-39-33)19-8-26(36)31(27(37)9-19)34(45)43-14-18-4-3-5-23(32(18)49-17-43)24-12-30(25(11-28(24)38)35(46)47-2)44-21-6-7-22(44)16-48-15-21/h3-5,8-13,21-22H,6-7,14-17H2,1-2H3. The van der Waals surface area contributed by atoms with Gasteiger partial charge in [0.15, 0.2) is 12.4 Å². The summed E-state index contributed by atoms with van der Waals surface area (Å²) in [5.41, 5.74) is 4.99. The summed E-state index contributed by atoms with van der Waals surface area (Å²) < 4.78 is 34.4. The van der Waals surface area contributed by atoms with Crippen molar-refractivity contribution in [3.05, 3.63) is 87.3 Å². The minimum absolute atomic E-state index is 0.0761. The van der Waals surface area contributed by atoms with Gasteiger partial charge in [-0.3, -0.25) is 4.79 Å². The number of esters is 1. The fraction of sp³-hybridized carbons (Fsp3) is 0.286. The Bertz CT molecular complexity index is 2140. The second-order valence-electron chi connectivity index (χ2n) is 12.3. The highest BCUT2D eigenvalue weighted by atomic mass is 35.5. The number of nitrogens with zero attached hydrogens (tertiary/aromatic N) is 6. The van der Waals surface area contributed by atoms with Crippen LogP contribution >= 0.6 is 23.2 Å². The third-order valence-corrected chi connectivity index (χ3v) is 10.0. The molecule has 2 saturated heterocycles. The summed E-state index contributed by atoms with van der Waals surface area (Å²) in [5.74, 6) is -1.17. The maximum absolute atomic E-state index is 15.9. The molecule has 0 N–H and O–H groups in total. The number of amides is 1. The number of carbonyl (C=O) groups is 2. The van der Waals surface area contributed by atoms with Crippen LogP contribution in [0.15, 0.2) is 54.7 Å². The zero-order chi connectivity index (χ0) is 34.0. The van der Waals surface area contributed by atoms with Crippen LogP contribution in [0.3, 0.4) is 0 Å². The predicted octanol–water partition coefficient (Wildman–Crippen LogP) is 6.29. The molecule has 1 amide bonds. The number of rotatable bonds is 5. The summed E-state index contributed by atoms with van der Waals surface area (Å²) in [6.45, 7) is 1.12. The molecule has 49 heavy (non-hydrogen) atoms. The van der Waals surface area contributed by atoms with Gasteiger partial charge in [0.05, 0.1) is 65.8 Å². The van der Waals surface area contributed by atoms with Gasteiger partial charge in [-0.15, -0.1) is 5.10 Å². The topological polar surface area (TPSA) is 112 Å². The fourth-order valence-corrected chi connectivity index (χ4v) is 7.73. The smallest absolute Gasteiger partial charge is 0.340 e. The van der Waals surface area contributed by atoms with E-state index < -0.39 is 17.7 Å². The van der Waals surface area contributed by atoms with E-state index in [1.165, 1.54) is 18.1 Å². The number of fused-ring (bicyclic) bond motifs is 4. The number of pyridine rings is 1. The maximum Gasteiger partial charge on any atom is 0.340 e. The molecule has 8 rings (SSSR count). The van der Waals surface area contributed by atoms with Gasteiger partial charge in [0.1, 0.15) is 17.1 Å². The van der Waals surface area contributed by atoms with Crippen molar-refractivity contribution in [1.82, 2.24) is 24.9 Å². The van der Waals surface area contributed by atoms with Crippen LogP contribution in [-0.2, 0) is 23.1 Å². The van der Waals surface area contributed by atoms with Crippen LogP contribution in [0, 0.1) is 5.82 Å². The van der Waals surface area contributed by atoms with Gasteiger partial charge in [-0.1, -0.05) is 46.6 Å². The number of aryl methyl sites for hydroxylation is 1. The van der Waals surface area contributed by atoms with Crippen LogP contribution in [0.1, 0.15) is 39.1 Å². The third-order valence-electron chi connectivity index (χ3n) is 9.44. The van der Waals surface area contributed by atoms with E-state index in [0.29, 0.717) is 52.5 Å². The van der Waals surface area contributed by atoms with Crippen LogP contribution in [0.2, 0.25) is 10.0 Å². The number of hydrogen-bond donors (Lipinski definition) is 0. The molecule has 2 bridgehead atoms. The van der Waals surface area contributed by atoms with E-state index in [9.17, 15) is 9.59 Å². The van der Waals surface area contributed by atoms with Crippen molar-refractivity contribution in [3.63, 3.8) is 0 Å². The lowest BCUT2D eigenvalue weighted by Crippen LogP contribution is -2.46. The fourth-order valence-electron chi connectivity index (χ4n) is 7.08. The first-order chi connectivity index (χ1) is 23.7. The minimum atomic E-state index is -0.611. The zero-order valence-electron chi connectivity index (χ0n) is 26.5. The van der Waals surface area contributed by atoms with Crippen molar-refractivity contribution in [2.24, 2.45) is 7.05 Å². The number of methoxy groups -OCH3 is 1. The molecule has 3 aromatic carbocycles. The predicted molar refractivity (Wildman–Crippen MR) is 180 cm³/mol. The maximum atomic E-state index is 15.9. The van der Waals surface area contributed by atoms with E-state index in [1.54, 1.807) is 48.3 Å². The monoisotopic (exact) mass is 702 g/mol. The molecule has 5 heterocycles. The van der Waals surface area contributed by atoms with E-state index >= 15 is 4.39 Å². The summed E-state index contributed by atoms with van der Waals surface area (Å²) >= 11 is 13.4. The Hall–Kier alpha value is -4.78. The van der Waals surface area contributed by atoms with E-state index in [0.717, 1.165) is 18.4 Å². The first-order valence-corrected chi connectivity index (χ1v) is 16.4. The Balaban J connectivity index is 1.10. The van der Waals surface area contributed by atoms with Crippen LogP contribution in [-0.4, -0.2) is 75.9 Å². The number of halogens is 3. The van der Waals surface area contributed by atoms with Crippen molar-refractivity contribution < 1.29 is 28.2 Å². The van der Waals surface area contributed by atoms with Crippen molar-refractivity contribution in [3.8, 4) is 28.0 Å². The van der Waals surface area contributed by atoms with Crippen molar-refractivity contribution in [2.45, 2.75) is 31.5 Å². The summed E-state index contributed by atoms with van der Waals surface area (Å²) in [6, 6.07) is 13.6. The molecule has 0 saturated carbocycles. The molecule has 3 aliphatic heterocycles. The first kappa shape index (κ1) is 31.5. The Morgan fingerprint density at radius 3 is 2.49 bits per heavy atom. The van der Waals surface area contributed by atoms with Gasteiger partial charge in [-0.05, 0) is 48.7 Å². The number of ether oxygens (including phenoxy) is 3. The molecule has 14 heteroatoms. The number of benzene rings is 3. The summed E-state index contributed by atoms with van der Waals surface area (Å²) in [7, 11) is 3.04. The van der Waals surface area contributed by atoms with Gasteiger partial charge in [-0.25, -0.2) is 18.9 Å². The van der Waals surface area contributed by atoms with Crippen molar-refractivity contribution in [2.75, 3.05) is 32.0 Å². The van der Waals surface area contributed by atoms with Gasteiger partial charge in [-0.2, -0.15) is 0 Å². The Morgan fingerprint density at radius 1 is 1.00 bits per heavy atom.